The molecule has 0 atom stereocenters. The molecule has 0 aliphatic rings. The Morgan fingerprint density at radius 1 is 0.921 bits per heavy atom. The molecule has 1 aromatic carbocycles. The number of urea groups is 1. The summed E-state index contributed by atoms with van der Waals surface area (Å²) < 4.78 is 10.9. The van der Waals surface area contributed by atoms with Crippen molar-refractivity contribution in [1.29, 1.82) is 0 Å². The molecule has 38 heavy (non-hydrogen) atoms. The van der Waals surface area contributed by atoms with Crippen molar-refractivity contribution in [2.45, 2.75) is 46.5 Å². The van der Waals surface area contributed by atoms with E-state index in [4.69, 9.17) is 14.5 Å². The van der Waals surface area contributed by atoms with Crippen LogP contribution in [0.25, 0.3) is 22.2 Å². The number of amides is 2. The monoisotopic (exact) mass is 523 g/mol. The van der Waals surface area contributed by atoms with Crippen LogP contribution in [0, 0.1) is 0 Å². The van der Waals surface area contributed by atoms with Gasteiger partial charge in [-0.1, -0.05) is 27.2 Å². The lowest BCUT2D eigenvalue weighted by Gasteiger charge is -2.17. The third-order valence-corrected chi connectivity index (χ3v) is 6.36. The molecule has 0 spiro atoms. The molecule has 0 fully saturated rings. The van der Waals surface area contributed by atoms with Crippen LogP contribution in [0.2, 0.25) is 0 Å². The van der Waals surface area contributed by atoms with Crippen LogP contribution >= 0.6 is 0 Å². The Morgan fingerprint density at radius 2 is 1.66 bits per heavy atom. The molecule has 0 aliphatic heterocycles. The van der Waals surface area contributed by atoms with Gasteiger partial charge in [0.15, 0.2) is 5.65 Å². The number of rotatable bonds is 15. The zero-order chi connectivity index (χ0) is 27.3. The van der Waals surface area contributed by atoms with Gasteiger partial charge >= 0.3 is 6.03 Å². The van der Waals surface area contributed by atoms with E-state index in [-0.39, 0.29) is 6.03 Å². The Kier molecular flexibility index (Phi) is 11.4. The highest BCUT2D eigenvalue weighted by molar-refractivity contribution is 5.96. The van der Waals surface area contributed by atoms with Crippen LogP contribution in [0.5, 0.6) is 11.5 Å². The topological polar surface area (TPSA) is 114 Å². The minimum absolute atomic E-state index is 0.318. The molecule has 3 aromatic rings. The van der Waals surface area contributed by atoms with Crippen molar-refractivity contribution in [2.24, 2.45) is 0 Å². The molecule has 0 saturated heterocycles. The zero-order valence-electron chi connectivity index (χ0n) is 23.3. The Hall–Kier alpha value is -3.66. The van der Waals surface area contributed by atoms with E-state index >= 15 is 0 Å². The summed E-state index contributed by atoms with van der Waals surface area (Å²) in [5.74, 6) is 2.18. The number of hydrogen-bond donors (Lipinski definition) is 3. The van der Waals surface area contributed by atoms with Gasteiger partial charge in [-0.2, -0.15) is 4.98 Å². The summed E-state index contributed by atoms with van der Waals surface area (Å²) in [6, 6.07) is 7.15. The van der Waals surface area contributed by atoms with E-state index in [0.29, 0.717) is 41.0 Å². The molecule has 2 amide bonds. The Bertz CT molecular complexity index is 1160. The maximum absolute atomic E-state index is 12.7. The second-order valence-corrected chi connectivity index (χ2v) is 8.99. The number of hydrogen-bond acceptors (Lipinski definition) is 8. The third-order valence-electron chi connectivity index (χ3n) is 6.36. The summed E-state index contributed by atoms with van der Waals surface area (Å²) in [5, 5.41) is 9.85. The Labute approximate surface area is 225 Å². The van der Waals surface area contributed by atoms with Crippen LogP contribution in [-0.2, 0) is 0 Å². The first-order valence-electron chi connectivity index (χ1n) is 13.4. The average molecular weight is 524 g/mol. The van der Waals surface area contributed by atoms with Crippen LogP contribution < -0.4 is 25.4 Å². The summed E-state index contributed by atoms with van der Waals surface area (Å²) in [6.45, 7) is 11.0. The molecule has 0 radical (unpaired) electrons. The lowest BCUT2D eigenvalue weighted by molar-refractivity contribution is 0.252. The third kappa shape index (κ3) is 8.17. The number of fused-ring (bicyclic) bond motifs is 1. The first-order valence-corrected chi connectivity index (χ1v) is 13.4. The summed E-state index contributed by atoms with van der Waals surface area (Å²) in [5.41, 5.74) is 1.99. The number of unbranched alkanes of at least 4 members (excludes halogenated alkanes) is 2. The minimum atomic E-state index is -0.318. The summed E-state index contributed by atoms with van der Waals surface area (Å²) >= 11 is 0. The van der Waals surface area contributed by atoms with Gasteiger partial charge in [0.25, 0.3) is 0 Å². The van der Waals surface area contributed by atoms with Crippen LogP contribution in [0.3, 0.4) is 0 Å². The van der Waals surface area contributed by atoms with E-state index in [1.165, 1.54) is 0 Å². The van der Waals surface area contributed by atoms with Gasteiger partial charge in [0.05, 0.1) is 14.2 Å². The summed E-state index contributed by atoms with van der Waals surface area (Å²) in [6.07, 6.45) is 5.77. The first kappa shape index (κ1) is 28.9. The lowest BCUT2D eigenvalue weighted by Crippen LogP contribution is -2.30. The molecule has 3 N–H and O–H groups in total. The normalized spacial score (nSPS) is 11.0. The van der Waals surface area contributed by atoms with E-state index in [2.05, 4.69) is 51.6 Å². The fourth-order valence-electron chi connectivity index (χ4n) is 4.06. The first-order chi connectivity index (χ1) is 18.5. The van der Waals surface area contributed by atoms with Crippen molar-refractivity contribution in [3.8, 4) is 22.6 Å². The van der Waals surface area contributed by atoms with Crippen LogP contribution in [0.4, 0.5) is 16.6 Å². The molecule has 0 unspecified atom stereocenters. The smallest absolute Gasteiger partial charge is 0.320 e. The molecule has 0 bridgehead atoms. The number of anilines is 2. The minimum Gasteiger partial charge on any atom is -0.497 e. The van der Waals surface area contributed by atoms with E-state index < -0.39 is 0 Å². The fraction of sp³-hybridized carbons (Fsp3) is 0.500. The quantitative estimate of drug-likeness (QED) is 0.234. The van der Waals surface area contributed by atoms with Crippen LogP contribution in [0.1, 0.15) is 46.5 Å². The van der Waals surface area contributed by atoms with Gasteiger partial charge in [0, 0.05) is 36.3 Å². The maximum Gasteiger partial charge on any atom is 0.320 e. The number of nitrogens with one attached hydrogen (secondary N) is 3. The number of carbonyl (C=O) groups excluding carboxylic acids is 1. The van der Waals surface area contributed by atoms with Crippen molar-refractivity contribution in [1.82, 2.24) is 25.2 Å². The SMILES string of the molecule is CCCCNC(=O)Nc1nc2nc(NCCCCN(CC)CC)ncc2cc1-c1cc(OC)cc(OC)c1. The molecule has 0 saturated carbocycles. The van der Waals surface area contributed by atoms with Crippen LogP contribution in [0.15, 0.2) is 30.5 Å². The maximum atomic E-state index is 12.7. The molecule has 206 valence electrons. The van der Waals surface area contributed by atoms with Crippen molar-refractivity contribution in [3.05, 3.63) is 30.5 Å². The summed E-state index contributed by atoms with van der Waals surface area (Å²) in [7, 11) is 3.20. The van der Waals surface area contributed by atoms with Gasteiger partial charge in [-0.3, -0.25) is 5.32 Å². The number of carbonyl (C=O) groups is 1. The van der Waals surface area contributed by atoms with E-state index in [0.717, 1.165) is 62.8 Å². The second-order valence-electron chi connectivity index (χ2n) is 8.99. The lowest BCUT2D eigenvalue weighted by atomic mass is 10.0. The number of aromatic nitrogens is 3. The van der Waals surface area contributed by atoms with Crippen molar-refractivity contribution < 1.29 is 14.3 Å². The molecule has 10 heteroatoms. The van der Waals surface area contributed by atoms with Gasteiger partial charge in [-0.25, -0.2) is 14.8 Å². The van der Waals surface area contributed by atoms with Gasteiger partial charge in [-0.05, 0) is 62.7 Å². The number of benzene rings is 1. The van der Waals surface area contributed by atoms with E-state index in [1.807, 2.05) is 18.2 Å². The Balaban J connectivity index is 1.86. The average Bonchev–Trinajstić information content (AvgIpc) is 2.94. The second kappa shape index (κ2) is 14.9. The molecular formula is C28H41N7O3. The van der Waals surface area contributed by atoms with Crippen molar-refractivity contribution >= 4 is 28.8 Å². The molecule has 10 nitrogen and oxygen atoms in total. The zero-order valence-corrected chi connectivity index (χ0v) is 23.3. The van der Waals surface area contributed by atoms with Crippen molar-refractivity contribution in [2.75, 3.05) is 57.6 Å². The van der Waals surface area contributed by atoms with Gasteiger partial charge in [0.1, 0.15) is 17.3 Å². The van der Waals surface area contributed by atoms with Gasteiger partial charge in [-0.15, -0.1) is 0 Å². The number of ether oxygens (including phenoxy) is 2. The highest BCUT2D eigenvalue weighted by Crippen LogP contribution is 2.35. The fourth-order valence-corrected chi connectivity index (χ4v) is 4.06. The van der Waals surface area contributed by atoms with E-state index in [9.17, 15) is 4.79 Å². The molecular weight excluding hydrogens is 482 g/mol. The van der Waals surface area contributed by atoms with Crippen LogP contribution in [-0.4, -0.2) is 72.8 Å². The number of nitrogens with zero attached hydrogens (tertiary/aromatic N) is 4. The molecule has 2 aromatic heterocycles. The molecule has 2 heterocycles. The largest absolute Gasteiger partial charge is 0.497 e. The number of pyridine rings is 1. The highest BCUT2D eigenvalue weighted by atomic mass is 16.5. The molecule has 0 aliphatic carbocycles. The highest BCUT2D eigenvalue weighted by Gasteiger charge is 2.16. The Morgan fingerprint density at radius 3 is 2.32 bits per heavy atom. The number of methoxy groups -OCH3 is 2. The standard InChI is InChI=1S/C28H41N7O3/c1-6-9-12-30-28(36)34-26-24(20-15-22(37-4)18-23(16-20)38-5)17-21-19-31-27(33-25(21)32-26)29-13-10-11-14-35(7-2)8-3/h15-19H,6-14H2,1-5H3,(H3,29,30,31,32,33,34,36). The summed E-state index contributed by atoms with van der Waals surface area (Å²) in [4.78, 5) is 28.9. The van der Waals surface area contributed by atoms with Gasteiger partial charge < -0.3 is 25.0 Å². The van der Waals surface area contributed by atoms with Gasteiger partial charge in [0.2, 0.25) is 5.95 Å². The predicted molar refractivity (Wildman–Crippen MR) is 153 cm³/mol. The predicted octanol–water partition coefficient (Wildman–Crippen LogP) is 5.16. The molecule has 3 rings (SSSR count). The van der Waals surface area contributed by atoms with Crippen molar-refractivity contribution in [3.63, 3.8) is 0 Å². The van der Waals surface area contributed by atoms with E-state index in [1.54, 1.807) is 26.5 Å².